The van der Waals surface area contributed by atoms with Gasteiger partial charge in [0.2, 0.25) is 0 Å². The predicted molar refractivity (Wildman–Crippen MR) is 162 cm³/mol. The maximum Gasteiger partial charge on any atom is 0.167 e. The van der Waals surface area contributed by atoms with Gasteiger partial charge < -0.3 is 4.42 Å². The zero-order valence-electron chi connectivity index (χ0n) is 21.2. The van der Waals surface area contributed by atoms with Gasteiger partial charge in [-0.05, 0) is 6.07 Å². The van der Waals surface area contributed by atoms with Crippen molar-refractivity contribution in [1.29, 1.82) is 0 Å². The summed E-state index contributed by atoms with van der Waals surface area (Å²) >= 11 is 1.64. The molecule has 188 valence electrons. The average Bonchev–Trinajstić information content (AvgIpc) is 3.62. The van der Waals surface area contributed by atoms with Crippen LogP contribution < -0.4 is 0 Å². The van der Waals surface area contributed by atoms with E-state index >= 15 is 0 Å². The molecule has 8 rings (SSSR count). The number of thiazole rings is 1. The molecule has 0 aliphatic carbocycles. The van der Waals surface area contributed by atoms with Gasteiger partial charge in [0.1, 0.15) is 16.2 Å². The molecule has 0 unspecified atom stereocenters. The summed E-state index contributed by atoms with van der Waals surface area (Å²) in [7, 11) is 0. The molecule has 40 heavy (non-hydrogen) atoms. The van der Waals surface area contributed by atoms with Crippen LogP contribution in [0.15, 0.2) is 126 Å². The zero-order valence-corrected chi connectivity index (χ0v) is 22.0. The van der Waals surface area contributed by atoms with Gasteiger partial charge in [-0.25, -0.2) is 19.9 Å². The molecule has 5 aromatic carbocycles. The quantitative estimate of drug-likeness (QED) is 0.226. The molecule has 5 nitrogen and oxygen atoms in total. The van der Waals surface area contributed by atoms with Crippen LogP contribution in [0, 0.1) is 0 Å². The molecule has 3 heterocycles. The third kappa shape index (κ3) is 3.77. The van der Waals surface area contributed by atoms with Crippen molar-refractivity contribution in [3.05, 3.63) is 121 Å². The monoisotopic (exact) mass is 532 g/mol. The third-order valence-corrected chi connectivity index (χ3v) is 8.02. The fourth-order valence-electron chi connectivity index (χ4n) is 5.11. The van der Waals surface area contributed by atoms with Crippen LogP contribution in [-0.2, 0) is 0 Å². The Hall–Kier alpha value is -5.20. The van der Waals surface area contributed by atoms with Crippen molar-refractivity contribution in [2.75, 3.05) is 0 Å². The molecule has 8 aromatic rings. The lowest BCUT2D eigenvalue weighted by molar-refractivity contribution is 0.669. The van der Waals surface area contributed by atoms with Crippen molar-refractivity contribution < 1.29 is 4.42 Å². The van der Waals surface area contributed by atoms with Crippen molar-refractivity contribution in [3.8, 4) is 44.7 Å². The lowest BCUT2D eigenvalue weighted by Crippen LogP contribution is -2.01. The molecule has 0 aliphatic heterocycles. The zero-order chi connectivity index (χ0) is 26.5. The molecule has 3 aromatic heterocycles. The maximum absolute atomic E-state index is 6.38. The molecule has 0 saturated heterocycles. The molecule has 0 saturated carbocycles. The normalized spacial score (nSPS) is 11.5. The first-order chi connectivity index (χ1) is 19.8. The number of hydrogen-bond donors (Lipinski definition) is 0. The fraction of sp³-hybridized carbons (Fsp3) is 0. The van der Waals surface area contributed by atoms with E-state index in [9.17, 15) is 0 Å². The summed E-state index contributed by atoms with van der Waals surface area (Å²) in [6.07, 6.45) is 0. The summed E-state index contributed by atoms with van der Waals surface area (Å²) in [5.74, 6) is 1.79. The minimum absolute atomic E-state index is 0.569. The van der Waals surface area contributed by atoms with Gasteiger partial charge in [-0.2, -0.15) is 0 Å². The summed E-state index contributed by atoms with van der Waals surface area (Å²) in [6.45, 7) is 0. The summed E-state index contributed by atoms with van der Waals surface area (Å²) in [4.78, 5) is 20.2. The van der Waals surface area contributed by atoms with Crippen LogP contribution in [0.2, 0.25) is 0 Å². The number of benzene rings is 5. The van der Waals surface area contributed by atoms with E-state index in [4.69, 9.17) is 24.4 Å². The second-order valence-electron chi connectivity index (χ2n) is 9.49. The van der Waals surface area contributed by atoms with Crippen molar-refractivity contribution >= 4 is 43.5 Å². The molecule has 6 heteroatoms. The lowest BCUT2D eigenvalue weighted by Gasteiger charge is -2.10. The second kappa shape index (κ2) is 9.22. The summed E-state index contributed by atoms with van der Waals surface area (Å²) in [5.41, 5.74) is 6.23. The van der Waals surface area contributed by atoms with Gasteiger partial charge in [0, 0.05) is 33.5 Å². The van der Waals surface area contributed by atoms with Crippen molar-refractivity contribution in [2.45, 2.75) is 0 Å². The Labute approximate surface area is 233 Å². The number of aromatic nitrogens is 4. The third-order valence-electron chi connectivity index (χ3n) is 6.97. The Morgan fingerprint density at radius 3 is 1.70 bits per heavy atom. The highest BCUT2D eigenvalue weighted by atomic mass is 32.1. The van der Waals surface area contributed by atoms with Crippen LogP contribution in [0.3, 0.4) is 0 Å². The number of fused-ring (bicyclic) bond motifs is 4. The highest BCUT2D eigenvalue weighted by Gasteiger charge is 2.23. The minimum atomic E-state index is 0.569. The minimum Gasteiger partial charge on any atom is -0.456 e. The van der Waals surface area contributed by atoms with Gasteiger partial charge in [-0.15, -0.1) is 11.3 Å². The number of nitrogens with zero attached hydrogens (tertiary/aromatic N) is 4. The highest BCUT2D eigenvalue weighted by Crippen LogP contribution is 2.44. The van der Waals surface area contributed by atoms with Crippen molar-refractivity contribution in [3.63, 3.8) is 0 Å². The summed E-state index contributed by atoms with van der Waals surface area (Å²) in [6, 6.07) is 40.5. The van der Waals surface area contributed by atoms with Crippen LogP contribution in [0.4, 0.5) is 0 Å². The molecule has 0 spiro atoms. The molecular formula is C34H20N4OS. The number of rotatable bonds is 4. The van der Waals surface area contributed by atoms with E-state index in [1.165, 1.54) is 0 Å². The molecule has 0 N–H and O–H groups in total. The van der Waals surface area contributed by atoms with E-state index < -0.39 is 0 Å². The Bertz CT molecular complexity index is 2100. The van der Waals surface area contributed by atoms with Crippen LogP contribution >= 0.6 is 11.3 Å². The second-order valence-corrected chi connectivity index (χ2v) is 10.5. The standard InChI is InChI=1S/C34H20N4OS/c1-4-12-21(13-5-1)31-36-32(22-14-6-2-7-15-22)38-33(37-31)29-28-24-18-10-11-19-25(24)39-26(28)20-27-30(29)35-34(40-27)23-16-8-3-9-17-23/h1-20H. The van der Waals surface area contributed by atoms with Crippen LogP contribution in [0.1, 0.15) is 0 Å². The summed E-state index contributed by atoms with van der Waals surface area (Å²) in [5, 5.41) is 2.90. The van der Waals surface area contributed by atoms with Crippen molar-refractivity contribution in [2.24, 2.45) is 0 Å². The van der Waals surface area contributed by atoms with Crippen LogP contribution in [0.5, 0.6) is 0 Å². The molecule has 0 amide bonds. The fourth-order valence-corrected chi connectivity index (χ4v) is 6.12. The van der Waals surface area contributed by atoms with Gasteiger partial charge in [0.05, 0.1) is 15.8 Å². The van der Waals surface area contributed by atoms with Gasteiger partial charge in [0.15, 0.2) is 17.5 Å². The van der Waals surface area contributed by atoms with Gasteiger partial charge in [-0.1, -0.05) is 109 Å². The Morgan fingerprint density at radius 2 is 1.05 bits per heavy atom. The predicted octanol–water partition coefficient (Wildman–Crippen LogP) is 9.05. The van der Waals surface area contributed by atoms with E-state index in [1.807, 2.05) is 97.1 Å². The molecule has 0 fully saturated rings. The number of para-hydroxylation sites is 1. The van der Waals surface area contributed by atoms with Crippen LogP contribution in [0.25, 0.3) is 76.9 Å². The van der Waals surface area contributed by atoms with Crippen LogP contribution in [-0.4, -0.2) is 19.9 Å². The van der Waals surface area contributed by atoms with E-state index in [1.54, 1.807) is 11.3 Å². The molecule has 0 radical (unpaired) electrons. The number of furan rings is 1. The van der Waals surface area contributed by atoms with E-state index in [-0.39, 0.29) is 0 Å². The maximum atomic E-state index is 6.38. The van der Waals surface area contributed by atoms with Crippen molar-refractivity contribution in [1.82, 2.24) is 19.9 Å². The highest BCUT2D eigenvalue weighted by molar-refractivity contribution is 7.21. The van der Waals surface area contributed by atoms with E-state index in [0.717, 1.165) is 59.4 Å². The Balaban J connectivity index is 1.49. The summed E-state index contributed by atoms with van der Waals surface area (Å²) < 4.78 is 7.39. The SMILES string of the molecule is c1ccc(-c2nc(-c3ccccc3)nc(-c3c4nc(-c5ccccc5)sc4cc4oc5ccccc5c34)n2)cc1. The smallest absolute Gasteiger partial charge is 0.167 e. The molecular weight excluding hydrogens is 512 g/mol. The van der Waals surface area contributed by atoms with Gasteiger partial charge in [0.25, 0.3) is 0 Å². The average molecular weight is 533 g/mol. The topological polar surface area (TPSA) is 64.7 Å². The molecule has 0 bridgehead atoms. The molecule has 0 aliphatic rings. The lowest BCUT2D eigenvalue weighted by atomic mass is 10.0. The Morgan fingerprint density at radius 1 is 0.500 bits per heavy atom. The van der Waals surface area contributed by atoms with E-state index in [2.05, 4.69) is 24.3 Å². The first-order valence-corrected chi connectivity index (χ1v) is 13.8. The largest absolute Gasteiger partial charge is 0.456 e. The Kier molecular flexibility index (Phi) is 5.24. The van der Waals surface area contributed by atoms with Gasteiger partial charge in [-0.3, -0.25) is 0 Å². The molecule has 0 atom stereocenters. The van der Waals surface area contributed by atoms with E-state index in [0.29, 0.717) is 17.5 Å². The first-order valence-electron chi connectivity index (χ1n) is 13.0. The number of hydrogen-bond acceptors (Lipinski definition) is 6. The van der Waals surface area contributed by atoms with Gasteiger partial charge >= 0.3 is 0 Å². The first kappa shape index (κ1) is 22.8.